The van der Waals surface area contributed by atoms with Gasteiger partial charge in [0.2, 0.25) is 5.79 Å². The molecule has 1 saturated heterocycles. The monoisotopic (exact) mass is 366 g/mol. The predicted octanol–water partition coefficient (Wildman–Crippen LogP) is 4.98. The Morgan fingerprint density at radius 2 is 1.81 bits per heavy atom. The molecule has 1 fully saturated rings. The largest absolute Gasteiger partial charge is 0.342 e. The van der Waals surface area contributed by atoms with Crippen molar-refractivity contribution in [2.75, 3.05) is 11.9 Å². The standard InChI is InChI=1S/C17H16BrClO2/c1-12-2-4-13(5-3-12)16-10-20-17(11-18,21-16)14-6-8-15(19)9-7-14/h2-9,16H,10-11H2,1H3/t16-,17-/m0/s1. The molecule has 0 N–H and O–H groups in total. The molecule has 0 aromatic heterocycles. The molecule has 3 rings (SSSR count). The van der Waals surface area contributed by atoms with E-state index in [1.54, 1.807) is 0 Å². The van der Waals surface area contributed by atoms with Crippen LogP contribution in [-0.4, -0.2) is 11.9 Å². The van der Waals surface area contributed by atoms with Gasteiger partial charge in [-0.25, -0.2) is 0 Å². The van der Waals surface area contributed by atoms with E-state index < -0.39 is 5.79 Å². The van der Waals surface area contributed by atoms with Gasteiger partial charge in [0.1, 0.15) is 6.10 Å². The maximum Gasteiger partial charge on any atom is 0.205 e. The first-order chi connectivity index (χ1) is 10.1. The number of hydrogen-bond donors (Lipinski definition) is 0. The summed E-state index contributed by atoms with van der Waals surface area (Å²) >= 11 is 9.47. The third-order valence-electron chi connectivity index (χ3n) is 3.71. The maximum atomic E-state index is 6.24. The first kappa shape index (κ1) is 15.0. The number of halogens is 2. The molecule has 2 aromatic carbocycles. The summed E-state index contributed by atoms with van der Waals surface area (Å²) < 4.78 is 12.2. The van der Waals surface area contributed by atoms with Gasteiger partial charge in [-0.05, 0) is 24.6 Å². The molecule has 1 aliphatic rings. The Labute approximate surface area is 138 Å². The molecule has 0 amide bonds. The summed E-state index contributed by atoms with van der Waals surface area (Å²) in [5.41, 5.74) is 3.35. The van der Waals surface area contributed by atoms with Crippen molar-refractivity contribution in [1.82, 2.24) is 0 Å². The number of rotatable bonds is 3. The molecular weight excluding hydrogens is 352 g/mol. The molecule has 2 aromatic rings. The second kappa shape index (κ2) is 6.09. The molecule has 0 radical (unpaired) electrons. The minimum atomic E-state index is -0.750. The van der Waals surface area contributed by atoms with E-state index in [0.29, 0.717) is 17.0 Å². The Bertz CT molecular complexity index is 612. The summed E-state index contributed by atoms with van der Waals surface area (Å²) in [6, 6.07) is 16.0. The van der Waals surface area contributed by atoms with E-state index in [9.17, 15) is 0 Å². The Morgan fingerprint density at radius 3 is 2.43 bits per heavy atom. The van der Waals surface area contributed by atoms with Gasteiger partial charge in [0, 0.05) is 10.6 Å². The topological polar surface area (TPSA) is 18.5 Å². The zero-order chi connectivity index (χ0) is 14.9. The lowest BCUT2D eigenvalue weighted by Gasteiger charge is -2.26. The van der Waals surface area contributed by atoms with E-state index in [-0.39, 0.29) is 6.10 Å². The summed E-state index contributed by atoms with van der Waals surface area (Å²) in [7, 11) is 0. The van der Waals surface area contributed by atoms with Crippen LogP contribution in [0.1, 0.15) is 22.8 Å². The van der Waals surface area contributed by atoms with Crippen LogP contribution < -0.4 is 0 Å². The van der Waals surface area contributed by atoms with Crippen molar-refractivity contribution < 1.29 is 9.47 Å². The lowest BCUT2D eigenvalue weighted by molar-refractivity contribution is -0.157. The highest BCUT2D eigenvalue weighted by Gasteiger charge is 2.42. The fourth-order valence-corrected chi connectivity index (χ4v) is 3.20. The minimum Gasteiger partial charge on any atom is -0.342 e. The van der Waals surface area contributed by atoms with Crippen LogP contribution in [0.15, 0.2) is 48.5 Å². The Balaban J connectivity index is 1.85. The van der Waals surface area contributed by atoms with Crippen LogP contribution in [-0.2, 0) is 15.3 Å². The zero-order valence-corrected chi connectivity index (χ0v) is 14.0. The first-order valence-electron chi connectivity index (χ1n) is 6.83. The minimum absolute atomic E-state index is 0.0566. The second-order valence-electron chi connectivity index (χ2n) is 5.22. The molecule has 1 heterocycles. The predicted molar refractivity (Wildman–Crippen MR) is 87.9 cm³/mol. The van der Waals surface area contributed by atoms with Crippen LogP contribution in [0.4, 0.5) is 0 Å². The average Bonchev–Trinajstić information content (AvgIpc) is 2.94. The van der Waals surface area contributed by atoms with Crippen molar-refractivity contribution in [3.8, 4) is 0 Å². The fourth-order valence-electron chi connectivity index (χ4n) is 2.46. The third-order valence-corrected chi connectivity index (χ3v) is 4.70. The number of ether oxygens (including phenoxy) is 2. The number of alkyl halides is 1. The van der Waals surface area contributed by atoms with Crippen molar-refractivity contribution in [3.05, 3.63) is 70.2 Å². The maximum absolute atomic E-state index is 6.24. The van der Waals surface area contributed by atoms with Crippen LogP contribution in [0.2, 0.25) is 5.02 Å². The summed E-state index contributed by atoms with van der Waals surface area (Å²) in [5.74, 6) is -0.750. The van der Waals surface area contributed by atoms with E-state index in [2.05, 4.69) is 47.1 Å². The highest BCUT2D eigenvalue weighted by molar-refractivity contribution is 9.09. The number of benzene rings is 2. The normalized spacial score (nSPS) is 25.2. The van der Waals surface area contributed by atoms with Crippen LogP contribution in [0.5, 0.6) is 0 Å². The smallest absolute Gasteiger partial charge is 0.205 e. The Morgan fingerprint density at radius 1 is 1.14 bits per heavy atom. The molecule has 0 saturated carbocycles. The van der Waals surface area contributed by atoms with Crippen molar-refractivity contribution in [1.29, 1.82) is 0 Å². The number of hydrogen-bond acceptors (Lipinski definition) is 2. The molecule has 110 valence electrons. The van der Waals surface area contributed by atoms with Crippen LogP contribution in [0.3, 0.4) is 0 Å². The summed E-state index contributed by atoms with van der Waals surface area (Å²) in [6.45, 7) is 2.61. The van der Waals surface area contributed by atoms with Gasteiger partial charge in [0.25, 0.3) is 0 Å². The average molecular weight is 368 g/mol. The highest BCUT2D eigenvalue weighted by atomic mass is 79.9. The van der Waals surface area contributed by atoms with E-state index in [1.807, 2.05) is 24.3 Å². The van der Waals surface area contributed by atoms with Crippen LogP contribution in [0, 0.1) is 6.92 Å². The molecule has 0 unspecified atom stereocenters. The van der Waals surface area contributed by atoms with Gasteiger partial charge in [0.15, 0.2) is 0 Å². The Hall–Kier alpha value is -0.870. The SMILES string of the molecule is Cc1ccc([C@@H]2CO[C@](CBr)(c3ccc(Cl)cc3)O2)cc1. The van der Waals surface area contributed by atoms with Gasteiger partial charge in [0.05, 0.1) is 11.9 Å². The van der Waals surface area contributed by atoms with E-state index in [1.165, 1.54) is 5.56 Å². The summed E-state index contributed by atoms with van der Waals surface area (Å²) in [6.07, 6.45) is -0.0566. The van der Waals surface area contributed by atoms with E-state index in [0.717, 1.165) is 11.1 Å². The van der Waals surface area contributed by atoms with Crippen molar-refractivity contribution >= 4 is 27.5 Å². The quantitative estimate of drug-likeness (QED) is 0.712. The van der Waals surface area contributed by atoms with Crippen molar-refractivity contribution in [2.24, 2.45) is 0 Å². The van der Waals surface area contributed by atoms with Crippen molar-refractivity contribution in [3.63, 3.8) is 0 Å². The first-order valence-corrected chi connectivity index (χ1v) is 8.33. The molecule has 2 atom stereocenters. The zero-order valence-electron chi connectivity index (χ0n) is 11.7. The molecule has 0 aliphatic carbocycles. The van der Waals surface area contributed by atoms with Gasteiger partial charge < -0.3 is 9.47 Å². The Kier molecular flexibility index (Phi) is 4.36. The molecule has 0 spiro atoms. The van der Waals surface area contributed by atoms with Crippen LogP contribution >= 0.6 is 27.5 Å². The van der Waals surface area contributed by atoms with E-state index in [4.69, 9.17) is 21.1 Å². The third kappa shape index (κ3) is 3.02. The van der Waals surface area contributed by atoms with E-state index >= 15 is 0 Å². The fraction of sp³-hybridized carbons (Fsp3) is 0.294. The molecule has 1 aliphatic heterocycles. The van der Waals surface area contributed by atoms with Gasteiger partial charge in [-0.15, -0.1) is 0 Å². The molecule has 21 heavy (non-hydrogen) atoms. The lowest BCUT2D eigenvalue weighted by Crippen LogP contribution is -2.29. The number of aryl methyl sites for hydroxylation is 1. The lowest BCUT2D eigenvalue weighted by atomic mass is 10.1. The molecule has 4 heteroatoms. The highest BCUT2D eigenvalue weighted by Crippen LogP contribution is 2.41. The molecule has 2 nitrogen and oxygen atoms in total. The molecule has 0 bridgehead atoms. The van der Waals surface area contributed by atoms with Crippen molar-refractivity contribution in [2.45, 2.75) is 18.8 Å². The summed E-state index contributed by atoms with van der Waals surface area (Å²) in [5, 5.41) is 1.28. The van der Waals surface area contributed by atoms with Gasteiger partial charge >= 0.3 is 0 Å². The van der Waals surface area contributed by atoms with Gasteiger partial charge in [-0.2, -0.15) is 0 Å². The van der Waals surface area contributed by atoms with Crippen LogP contribution in [0.25, 0.3) is 0 Å². The second-order valence-corrected chi connectivity index (χ2v) is 6.22. The molecular formula is C17H16BrClO2. The van der Waals surface area contributed by atoms with Gasteiger partial charge in [-0.1, -0.05) is 69.5 Å². The van der Waals surface area contributed by atoms with Gasteiger partial charge in [-0.3, -0.25) is 0 Å². The summed E-state index contributed by atoms with van der Waals surface area (Å²) in [4.78, 5) is 0.